The maximum atomic E-state index is 13.3. The van der Waals surface area contributed by atoms with Crippen molar-refractivity contribution < 1.29 is 4.39 Å². The third-order valence-corrected chi connectivity index (χ3v) is 2.26. The van der Waals surface area contributed by atoms with Crippen LogP contribution in [0, 0.1) is 5.82 Å². The number of aromatic nitrogens is 1. The topological polar surface area (TPSA) is 37.0 Å². The van der Waals surface area contributed by atoms with Crippen LogP contribution in [0.2, 0.25) is 0 Å². The highest BCUT2D eigenvalue weighted by Crippen LogP contribution is 2.13. The molecule has 0 unspecified atom stereocenters. The van der Waals surface area contributed by atoms with Gasteiger partial charge in [-0.2, -0.15) is 0 Å². The molecule has 0 saturated heterocycles. The minimum atomic E-state index is -0.341. The van der Waals surface area contributed by atoms with Gasteiger partial charge in [0.15, 0.2) is 5.11 Å². The second-order valence-corrected chi connectivity index (χ2v) is 3.70. The molecule has 17 heavy (non-hydrogen) atoms. The molecule has 0 fully saturated rings. The lowest BCUT2D eigenvalue weighted by Crippen LogP contribution is -2.19. The summed E-state index contributed by atoms with van der Waals surface area (Å²) in [6.07, 6.45) is 3.29. The molecule has 1 aromatic carbocycles. The molecule has 2 N–H and O–H groups in total. The minimum Gasteiger partial charge on any atom is -0.332 e. The average molecular weight is 247 g/mol. The number of anilines is 2. The average Bonchev–Trinajstić information content (AvgIpc) is 2.33. The SMILES string of the molecule is Fc1ccccc1NC(=S)Nc1ccncc1. The van der Waals surface area contributed by atoms with E-state index in [4.69, 9.17) is 12.2 Å². The van der Waals surface area contributed by atoms with Gasteiger partial charge in [-0.1, -0.05) is 12.1 Å². The fourth-order valence-electron chi connectivity index (χ4n) is 1.28. The van der Waals surface area contributed by atoms with Crippen LogP contribution >= 0.6 is 12.2 Å². The van der Waals surface area contributed by atoms with E-state index in [2.05, 4.69) is 15.6 Å². The van der Waals surface area contributed by atoms with Gasteiger partial charge in [-0.05, 0) is 36.5 Å². The number of hydrogen-bond donors (Lipinski definition) is 2. The number of hydrogen-bond acceptors (Lipinski definition) is 2. The summed E-state index contributed by atoms with van der Waals surface area (Å²) in [7, 11) is 0. The third-order valence-electron chi connectivity index (χ3n) is 2.06. The van der Waals surface area contributed by atoms with E-state index >= 15 is 0 Å². The van der Waals surface area contributed by atoms with E-state index in [1.807, 2.05) is 0 Å². The highest BCUT2D eigenvalue weighted by Gasteiger charge is 2.02. The zero-order valence-electron chi connectivity index (χ0n) is 8.85. The smallest absolute Gasteiger partial charge is 0.175 e. The molecule has 5 heteroatoms. The third kappa shape index (κ3) is 3.22. The van der Waals surface area contributed by atoms with Gasteiger partial charge in [-0.15, -0.1) is 0 Å². The van der Waals surface area contributed by atoms with E-state index in [0.29, 0.717) is 10.8 Å². The Morgan fingerprint density at radius 2 is 1.76 bits per heavy atom. The second-order valence-electron chi connectivity index (χ2n) is 3.29. The summed E-state index contributed by atoms with van der Waals surface area (Å²) in [4.78, 5) is 3.89. The fraction of sp³-hybridized carbons (Fsp3) is 0. The Labute approximate surface area is 104 Å². The van der Waals surface area contributed by atoms with Crippen molar-refractivity contribution in [2.45, 2.75) is 0 Å². The van der Waals surface area contributed by atoms with Gasteiger partial charge in [0.1, 0.15) is 5.82 Å². The van der Waals surface area contributed by atoms with Crippen LogP contribution < -0.4 is 10.6 Å². The van der Waals surface area contributed by atoms with Crippen molar-refractivity contribution in [1.82, 2.24) is 4.98 Å². The summed E-state index contributed by atoms with van der Waals surface area (Å²) in [5.41, 5.74) is 1.15. The predicted octanol–water partition coefficient (Wildman–Crippen LogP) is 3.03. The van der Waals surface area contributed by atoms with E-state index in [0.717, 1.165) is 5.69 Å². The Bertz CT molecular complexity index is 516. The number of benzene rings is 1. The summed E-state index contributed by atoms with van der Waals surface area (Å²) in [6, 6.07) is 9.90. The van der Waals surface area contributed by atoms with Gasteiger partial charge in [-0.25, -0.2) is 4.39 Å². The van der Waals surface area contributed by atoms with Gasteiger partial charge >= 0.3 is 0 Å². The van der Waals surface area contributed by atoms with Crippen LogP contribution in [-0.2, 0) is 0 Å². The first kappa shape index (κ1) is 11.5. The maximum absolute atomic E-state index is 13.3. The quantitative estimate of drug-likeness (QED) is 0.800. The Morgan fingerprint density at radius 3 is 2.47 bits per heavy atom. The lowest BCUT2D eigenvalue weighted by molar-refractivity contribution is 0.632. The van der Waals surface area contributed by atoms with Crippen molar-refractivity contribution >= 4 is 28.7 Å². The number of thiocarbonyl (C=S) groups is 1. The van der Waals surface area contributed by atoms with Crippen molar-refractivity contribution in [3.63, 3.8) is 0 Å². The highest BCUT2D eigenvalue weighted by atomic mass is 32.1. The van der Waals surface area contributed by atoms with Crippen molar-refractivity contribution in [2.75, 3.05) is 10.6 Å². The molecular weight excluding hydrogens is 237 g/mol. The Morgan fingerprint density at radius 1 is 1.06 bits per heavy atom. The van der Waals surface area contributed by atoms with Gasteiger partial charge < -0.3 is 10.6 Å². The molecule has 0 amide bonds. The molecular formula is C12H10FN3S. The Kier molecular flexibility index (Phi) is 3.62. The zero-order chi connectivity index (χ0) is 12.1. The first-order chi connectivity index (χ1) is 8.25. The van der Waals surface area contributed by atoms with E-state index < -0.39 is 0 Å². The molecule has 2 aromatic rings. The van der Waals surface area contributed by atoms with E-state index in [1.165, 1.54) is 6.07 Å². The van der Waals surface area contributed by atoms with Crippen molar-refractivity contribution in [3.8, 4) is 0 Å². The second kappa shape index (κ2) is 5.36. The van der Waals surface area contributed by atoms with E-state index in [9.17, 15) is 4.39 Å². The molecule has 3 nitrogen and oxygen atoms in total. The summed E-state index contributed by atoms with van der Waals surface area (Å²) in [5.74, 6) is -0.341. The summed E-state index contributed by atoms with van der Waals surface area (Å²) >= 11 is 5.07. The largest absolute Gasteiger partial charge is 0.332 e. The molecule has 0 radical (unpaired) electrons. The van der Waals surface area contributed by atoms with Crippen molar-refractivity contribution in [3.05, 3.63) is 54.6 Å². The monoisotopic (exact) mass is 247 g/mol. The first-order valence-electron chi connectivity index (χ1n) is 4.98. The summed E-state index contributed by atoms with van der Waals surface area (Å²) in [5, 5.41) is 6.05. The lowest BCUT2D eigenvalue weighted by Gasteiger charge is -2.10. The molecule has 0 aliphatic carbocycles. The van der Waals surface area contributed by atoms with Gasteiger partial charge in [0.25, 0.3) is 0 Å². The van der Waals surface area contributed by atoms with E-state index in [1.54, 1.807) is 42.7 Å². The van der Waals surface area contributed by atoms with Gasteiger partial charge in [0.2, 0.25) is 0 Å². The first-order valence-corrected chi connectivity index (χ1v) is 5.39. The van der Waals surface area contributed by atoms with Crippen LogP contribution in [0.5, 0.6) is 0 Å². The molecule has 0 saturated carbocycles. The normalized spacial score (nSPS) is 9.71. The van der Waals surface area contributed by atoms with Gasteiger partial charge in [-0.3, -0.25) is 4.98 Å². The fourth-order valence-corrected chi connectivity index (χ4v) is 1.51. The number of para-hydroxylation sites is 1. The van der Waals surface area contributed by atoms with Crippen LogP contribution in [-0.4, -0.2) is 10.1 Å². The van der Waals surface area contributed by atoms with Crippen LogP contribution in [0.15, 0.2) is 48.8 Å². The standard InChI is InChI=1S/C12H10FN3S/c13-10-3-1-2-4-11(10)16-12(17)15-9-5-7-14-8-6-9/h1-8H,(H2,14,15,16,17). The van der Waals surface area contributed by atoms with Crippen molar-refractivity contribution in [2.24, 2.45) is 0 Å². The van der Waals surface area contributed by atoms with Gasteiger partial charge in [0.05, 0.1) is 5.69 Å². The summed E-state index contributed by atoms with van der Waals surface area (Å²) in [6.45, 7) is 0. The number of nitrogens with one attached hydrogen (secondary N) is 2. The van der Waals surface area contributed by atoms with E-state index in [-0.39, 0.29) is 5.82 Å². The zero-order valence-corrected chi connectivity index (χ0v) is 9.67. The Hall–Kier alpha value is -2.01. The molecule has 0 aliphatic heterocycles. The minimum absolute atomic E-state index is 0.335. The molecule has 0 spiro atoms. The molecule has 1 aromatic heterocycles. The number of halogens is 1. The summed E-state index contributed by atoms with van der Waals surface area (Å²) < 4.78 is 13.3. The molecule has 86 valence electrons. The Balaban J connectivity index is 2.01. The number of pyridine rings is 1. The highest BCUT2D eigenvalue weighted by molar-refractivity contribution is 7.80. The van der Waals surface area contributed by atoms with Gasteiger partial charge in [0, 0.05) is 18.1 Å². The van der Waals surface area contributed by atoms with Crippen molar-refractivity contribution in [1.29, 1.82) is 0 Å². The predicted molar refractivity (Wildman–Crippen MR) is 70.5 cm³/mol. The number of rotatable bonds is 2. The van der Waals surface area contributed by atoms with Crippen LogP contribution in [0.4, 0.5) is 15.8 Å². The molecule has 0 aliphatic rings. The molecule has 1 heterocycles. The maximum Gasteiger partial charge on any atom is 0.175 e. The molecule has 0 bridgehead atoms. The number of nitrogens with zero attached hydrogens (tertiary/aromatic N) is 1. The molecule has 0 atom stereocenters. The van der Waals surface area contributed by atoms with Crippen LogP contribution in [0.25, 0.3) is 0 Å². The van der Waals surface area contributed by atoms with Crippen LogP contribution in [0.3, 0.4) is 0 Å². The lowest BCUT2D eigenvalue weighted by atomic mass is 10.3. The molecule has 2 rings (SSSR count). The van der Waals surface area contributed by atoms with Crippen LogP contribution in [0.1, 0.15) is 0 Å².